The van der Waals surface area contributed by atoms with Crippen LogP contribution in [0.4, 0.5) is 0 Å². The zero-order valence-electron chi connectivity index (χ0n) is 7.88. The number of aromatic nitrogens is 3. The van der Waals surface area contributed by atoms with E-state index in [4.69, 9.17) is 5.11 Å². The molecule has 15 heavy (non-hydrogen) atoms. The number of carbonyl (C=O) groups is 2. The smallest absolute Gasteiger partial charge is 0.325 e. The summed E-state index contributed by atoms with van der Waals surface area (Å²) in [6.07, 6.45) is 3.32. The minimum atomic E-state index is -1.02. The van der Waals surface area contributed by atoms with Crippen LogP contribution in [0.5, 0.6) is 0 Å². The van der Waals surface area contributed by atoms with Gasteiger partial charge in [0.1, 0.15) is 6.54 Å². The van der Waals surface area contributed by atoms with E-state index in [-0.39, 0.29) is 24.2 Å². The highest BCUT2D eigenvalue weighted by Crippen LogP contribution is 2.18. The van der Waals surface area contributed by atoms with Crippen LogP contribution in [-0.4, -0.2) is 38.0 Å². The van der Waals surface area contributed by atoms with Gasteiger partial charge in [0.15, 0.2) is 5.69 Å². The summed E-state index contributed by atoms with van der Waals surface area (Å²) in [6, 6.07) is 0.252. The number of carboxylic acid groups (broad SMARTS) is 1. The molecule has 2 N–H and O–H groups in total. The van der Waals surface area contributed by atoms with Gasteiger partial charge in [-0.15, -0.1) is 5.10 Å². The number of amides is 1. The standard InChI is InChI=1S/C8H10N4O3/c13-7(14)4-12-3-6(10-11-12)8(15)9-5-1-2-5/h3,5H,1-2,4H2,(H,9,15)(H,13,14). The van der Waals surface area contributed by atoms with E-state index in [1.165, 1.54) is 6.20 Å². The summed E-state index contributed by atoms with van der Waals surface area (Å²) in [7, 11) is 0. The largest absolute Gasteiger partial charge is 0.480 e. The summed E-state index contributed by atoms with van der Waals surface area (Å²) < 4.78 is 1.12. The lowest BCUT2D eigenvalue weighted by atomic mass is 10.4. The zero-order chi connectivity index (χ0) is 10.8. The fourth-order valence-electron chi connectivity index (χ4n) is 1.11. The van der Waals surface area contributed by atoms with Crippen molar-refractivity contribution < 1.29 is 14.7 Å². The Morgan fingerprint density at radius 3 is 2.93 bits per heavy atom. The van der Waals surface area contributed by atoms with Crippen LogP contribution in [0.2, 0.25) is 0 Å². The van der Waals surface area contributed by atoms with E-state index in [0.717, 1.165) is 17.5 Å². The molecule has 1 amide bonds. The Morgan fingerprint density at radius 1 is 1.60 bits per heavy atom. The van der Waals surface area contributed by atoms with E-state index in [1.54, 1.807) is 0 Å². The second-order valence-corrected chi connectivity index (χ2v) is 3.44. The van der Waals surface area contributed by atoms with Gasteiger partial charge in [-0.1, -0.05) is 5.21 Å². The summed E-state index contributed by atoms with van der Waals surface area (Å²) >= 11 is 0. The molecule has 0 aliphatic heterocycles. The number of hydrogen-bond donors (Lipinski definition) is 2. The Hall–Kier alpha value is -1.92. The van der Waals surface area contributed by atoms with Crippen LogP contribution in [-0.2, 0) is 11.3 Å². The molecule has 1 aromatic heterocycles. The monoisotopic (exact) mass is 210 g/mol. The first-order valence-corrected chi connectivity index (χ1v) is 4.58. The van der Waals surface area contributed by atoms with E-state index >= 15 is 0 Å². The van der Waals surface area contributed by atoms with Crippen molar-refractivity contribution in [3.05, 3.63) is 11.9 Å². The van der Waals surface area contributed by atoms with Gasteiger partial charge in [-0.3, -0.25) is 9.59 Å². The second-order valence-electron chi connectivity index (χ2n) is 3.44. The molecule has 0 unspecified atom stereocenters. The molecular weight excluding hydrogens is 200 g/mol. The van der Waals surface area contributed by atoms with Crippen molar-refractivity contribution in [2.24, 2.45) is 0 Å². The van der Waals surface area contributed by atoms with E-state index < -0.39 is 5.97 Å². The molecule has 0 spiro atoms. The predicted octanol–water partition coefficient (Wildman–Crippen LogP) is -0.745. The van der Waals surface area contributed by atoms with Crippen LogP contribution in [0.3, 0.4) is 0 Å². The number of aliphatic carboxylic acids is 1. The van der Waals surface area contributed by atoms with Crippen LogP contribution in [0.25, 0.3) is 0 Å². The highest BCUT2D eigenvalue weighted by molar-refractivity contribution is 5.92. The zero-order valence-corrected chi connectivity index (χ0v) is 7.88. The molecule has 1 saturated carbocycles. The topological polar surface area (TPSA) is 97.1 Å². The molecular formula is C8H10N4O3. The van der Waals surface area contributed by atoms with Crippen molar-refractivity contribution >= 4 is 11.9 Å². The molecule has 80 valence electrons. The van der Waals surface area contributed by atoms with Crippen molar-refractivity contribution in [2.45, 2.75) is 25.4 Å². The Balaban J connectivity index is 1.98. The molecule has 1 heterocycles. The Labute approximate surface area is 85.1 Å². The molecule has 0 bridgehead atoms. The molecule has 7 nitrogen and oxygen atoms in total. The highest BCUT2D eigenvalue weighted by atomic mass is 16.4. The number of rotatable bonds is 4. The third kappa shape index (κ3) is 2.52. The van der Waals surface area contributed by atoms with Crippen LogP contribution >= 0.6 is 0 Å². The molecule has 0 aromatic carbocycles. The van der Waals surface area contributed by atoms with Gasteiger partial charge < -0.3 is 10.4 Å². The van der Waals surface area contributed by atoms with Crippen LogP contribution < -0.4 is 5.32 Å². The average molecular weight is 210 g/mol. The van der Waals surface area contributed by atoms with Crippen molar-refractivity contribution in [3.8, 4) is 0 Å². The average Bonchev–Trinajstić information content (AvgIpc) is 2.83. The lowest BCUT2D eigenvalue weighted by Gasteiger charge is -1.97. The van der Waals surface area contributed by atoms with Crippen molar-refractivity contribution in [2.75, 3.05) is 0 Å². The summed E-state index contributed by atoms with van der Waals surface area (Å²) in [5.74, 6) is -1.32. The van der Waals surface area contributed by atoms with Crippen molar-refractivity contribution in [1.82, 2.24) is 20.3 Å². The predicted molar refractivity (Wildman–Crippen MR) is 48.1 cm³/mol. The molecule has 1 fully saturated rings. The molecule has 0 saturated heterocycles. The minimum Gasteiger partial charge on any atom is -0.480 e. The minimum absolute atomic E-state index is 0.156. The van der Waals surface area contributed by atoms with Crippen molar-refractivity contribution in [3.63, 3.8) is 0 Å². The fraction of sp³-hybridized carbons (Fsp3) is 0.500. The van der Waals surface area contributed by atoms with Gasteiger partial charge in [0.25, 0.3) is 5.91 Å². The molecule has 2 rings (SSSR count). The molecule has 0 atom stereocenters. The molecule has 1 aliphatic carbocycles. The maximum absolute atomic E-state index is 11.4. The first-order valence-electron chi connectivity index (χ1n) is 4.58. The van der Waals surface area contributed by atoms with Gasteiger partial charge in [-0.25, -0.2) is 4.68 Å². The molecule has 1 aromatic rings. The lowest BCUT2D eigenvalue weighted by Crippen LogP contribution is -2.25. The Morgan fingerprint density at radius 2 is 2.33 bits per heavy atom. The van der Waals surface area contributed by atoms with E-state index in [0.29, 0.717) is 0 Å². The molecule has 7 heteroatoms. The van der Waals surface area contributed by atoms with Gasteiger partial charge >= 0.3 is 5.97 Å². The Bertz CT molecular complexity index is 396. The van der Waals surface area contributed by atoms with Crippen LogP contribution in [0, 0.1) is 0 Å². The summed E-state index contributed by atoms with van der Waals surface area (Å²) in [6.45, 7) is -0.288. The number of nitrogens with one attached hydrogen (secondary N) is 1. The van der Waals surface area contributed by atoms with Gasteiger partial charge in [0.05, 0.1) is 6.20 Å². The van der Waals surface area contributed by atoms with E-state index in [1.807, 2.05) is 0 Å². The quantitative estimate of drug-likeness (QED) is 0.681. The number of carboxylic acids is 1. The van der Waals surface area contributed by atoms with Crippen LogP contribution in [0.15, 0.2) is 6.20 Å². The third-order valence-electron chi connectivity index (χ3n) is 1.98. The van der Waals surface area contributed by atoms with E-state index in [9.17, 15) is 9.59 Å². The number of nitrogens with zero attached hydrogens (tertiary/aromatic N) is 3. The first kappa shape index (κ1) is 9.63. The Kier molecular flexibility index (Phi) is 2.36. The number of carbonyl (C=O) groups excluding carboxylic acids is 1. The van der Waals surface area contributed by atoms with Gasteiger partial charge in [-0.2, -0.15) is 0 Å². The summed E-state index contributed by atoms with van der Waals surface area (Å²) in [5.41, 5.74) is 0.156. The lowest BCUT2D eigenvalue weighted by molar-refractivity contribution is -0.137. The summed E-state index contributed by atoms with van der Waals surface area (Å²) in [4.78, 5) is 21.8. The second kappa shape index (κ2) is 3.68. The van der Waals surface area contributed by atoms with Gasteiger partial charge in [0.2, 0.25) is 0 Å². The normalized spacial score (nSPS) is 14.9. The number of hydrogen-bond acceptors (Lipinski definition) is 4. The third-order valence-corrected chi connectivity index (χ3v) is 1.98. The van der Waals surface area contributed by atoms with Crippen molar-refractivity contribution in [1.29, 1.82) is 0 Å². The first-order chi connectivity index (χ1) is 7.15. The maximum Gasteiger partial charge on any atom is 0.325 e. The fourth-order valence-corrected chi connectivity index (χ4v) is 1.11. The van der Waals surface area contributed by atoms with Gasteiger partial charge in [-0.05, 0) is 12.8 Å². The van der Waals surface area contributed by atoms with E-state index in [2.05, 4.69) is 15.6 Å². The van der Waals surface area contributed by atoms with Crippen LogP contribution in [0.1, 0.15) is 23.3 Å². The maximum atomic E-state index is 11.4. The molecule has 0 radical (unpaired) electrons. The SMILES string of the molecule is O=C(O)Cn1cc(C(=O)NC2CC2)nn1. The molecule has 1 aliphatic rings. The van der Waals surface area contributed by atoms with Gasteiger partial charge in [0, 0.05) is 6.04 Å². The highest BCUT2D eigenvalue weighted by Gasteiger charge is 2.25. The summed E-state index contributed by atoms with van der Waals surface area (Å²) in [5, 5.41) is 18.3.